The van der Waals surface area contributed by atoms with Crippen molar-refractivity contribution in [3.63, 3.8) is 0 Å². The van der Waals surface area contributed by atoms with Gasteiger partial charge in [0.25, 0.3) is 0 Å². The average molecular weight is 106 g/mol. The van der Waals surface area contributed by atoms with Gasteiger partial charge in [-0.1, -0.05) is 0 Å². The van der Waals surface area contributed by atoms with Crippen molar-refractivity contribution < 1.29 is 0 Å². The molecule has 0 radical (unpaired) electrons. The monoisotopic (exact) mass is 106 g/mol. The van der Waals surface area contributed by atoms with E-state index >= 15 is 0 Å². The maximum absolute atomic E-state index is 3.73. The SMILES string of the molecule is C1=NSSN1. The highest BCUT2D eigenvalue weighted by Crippen LogP contribution is 2.20. The van der Waals surface area contributed by atoms with E-state index in [4.69, 9.17) is 0 Å². The molecule has 1 N–H and O–H groups in total. The Hall–Kier alpha value is 0.170. The van der Waals surface area contributed by atoms with Crippen molar-refractivity contribution in [1.29, 1.82) is 0 Å². The summed E-state index contributed by atoms with van der Waals surface area (Å²) in [5.74, 6) is 0. The summed E-state index contributed by atoms with van der Waals surface area (Å²) < 4.78 is 6.54. The Morgan fingerprint density at radius 2 is 2.80 bits per heavy atom. The van der Waals surface area contributed by atoms with Gasteiger partial charge in [-0.05, 0) is 0 Å². The first-order chi connectivity index (χ1) is 2.50. The van der Waals surface area contributed by atoms with Crippen LogP contribution in [0.5, 0.6) is 0 Å². The zero-order chi connectivity index (χ0) is 3.54. The summed E-state index contributed by atoms with van der Waals surface area (Å²) in [7, 11) is 2.97. The van der Waals surface area contributed by atoms with Gasteiger partial charge in [0, 0.05) is 11.0 Å². The Bertz CT molecular complexity index is 45.6. The van der Waals surface area contributed by atoms with Crippen LogP contribution in [0.25, 0.3) is 0 Å². The Morgan fingerprint density at radius 1 is 1.80 bits per heavy atom. The van der Waals surface area contributed by atoms with Gasteiger partial charge in [0.05, 0.1) is 11.0 Å². The molecule has 0 saturated heterocycles. The van der Waals surface area contributed by atoms with E-state index in [2.05, 4.69) is 9.12 Å². The van der Waals surface area contributed by atoms with Crippen LogP contribution >= 0.6 is 22.0 Å². The van der Waals surface area contributed by atoms with E-state index in [1.165, 1.54) is 22.0 Å². The summed E-state index contributed by atoms with van der Waals surface area (Å²) in [4.78, 5) is 0. The Kier molecular flexibility index (Phi) is 1.05. The molecule has 0 spiro atoms. The van der Waals surface area contributed by atoms with Crippen LogP contribution in [-0.4, -0.2) is 6.34 Å². The van der Waals surface area contributed by atoms with Crippen LogP contribution in [-0.2, 0) is 0 Å². The third-order valence-corrected chi connectivity index (χ3v) is 1.47. The molecule has 1 aliphatic heterocycles. The van der Waals surface area contributed by atoms with Gasteiger partial charge in [-0.2, -0.15) is 4.40 Å². The highest BCUT2D eigenvalue weighted by atomic mass is 33.1. The van der Waals surface area contributed by atoms with Gasteiger partial charge in [0.2, 0.25) is 0 Å². The molecule has 0 aromatic carbocycles. The highest BCUT2D eigenvalue weighted by molar-refractivity contribution is 8.76. The first-order valence-corrected chi connectivity index (χ1v) is 3.21. The first kappa shape index (κ1) is 3.36. The fourth-order valence-electron chi connectivity index (χ4n) is 0.108. The van der Waals surface area contributed by atoms with Gasteiger partial charge in [-0.25, -0.2) is 0 Å². The van der Waals surface area contributed by atoms with Crippen molar-refractivity contribution in [2.75, 3.05) is 0 Å². The third kappa shape index (κ3) is 0.735. The molecule has 0 bridgehead atoms. The molecule has 1 rings (SSSR count). The fourth-order valence-corrected chi connectivity index (χ4v) is 0.968. The topological polar surface area (TPSA) is 24.4 Å². The number of nitrogens with zero attached hydrogens (tertiary/aromatic N) is 1. The quantitative estimate of drug-likeness (QED) is 0.365. The molecule has 0 aliphatic carbocycles. The molecule has 2 nitrogen and oxygen atoms in total. The molecule has 0 aromatic heterocycles. The van der Waals surface area contributed by atoms with E-state index in [0.29, 0.717) is 0 Å². The van der Waals surface area contributed by atoms with Crippen molar-refractivity contribution in [2.24, 2.45) is 4.40 Å². The lowest BCUT2D eigenvalue weighted by Gasteiger charge is -1.71. The van der Waals surface area contributed by atoms with Crippen LogP contribution in [0.2, 0.25) is 0 Å². The van der Waals surface area contributed by atoms with Gasteiger partial charge in [-0.15, -0.1) is 0 Å². The predicted molar refractivity (Wildman–Crippen MR) is 26.8 cm³/mol. The van der Waals surface area contributed by atoms with Gasteiger partial charge >= 0.3 is 0 Å². The van der Waals surface area contributed by atoms with Crippen molar-refractivity contribution >= 4 is 28.3 Å². The van der Waals surface area contributed by atoms with Crippen molar-refractivity contribution in [3.05, 3.63) is 0 Å². The van der Waals surface area contributed by atoms with Crippen LogP contribution in [0.15, 0.2) is 4.40 Å². The summed E-state index contributed by atoms with van der Waals surface area (Å²) in [5, 5.41) is 0. The number of rotatable bonds is 0. The predicted octanol–water partition coefficient (Wildman–Crippen LogP) is 0.829. The average Bonchev–Trinajstić information content (AvgIpc) is 1.76. The summed E-state index contributed by atoms with van der Waals surface area (Å²) in [6.07, 6.45) is 1.66. The van der Waals surface area contributed by atoms with E-state index in [9.17, 15) is 0 Å². The molecule has 0 atom stereocenters. The standard InChI is InChI=1S/CH2N2S2/c1-2-4-5-3-1/h1H,(H,2,3). The lowest BCUT2D eigenvalue weighted by molar-refractivity contribution is 1.64. The Morgan fingerprint density at radius 3 is 3.00 bits per heavy atom. The van der Waals surface area contributed by atoms with E-state index in [1.54, 1.807) is 6.34 Å². The Labute approximate surface area is 38.1 Å². The normalized spacial score (nSPS) is 19.2. The summed E-state index contributed by atoms with van der Waals surface area (Å²) in [6.45, 7) is 0. The minimum absolute atomic E-state index is 1.45. The van der Waals surface area contributed by atoms with E-state index in [-0.39, 0.29) is 0 Å². The summed E-state index contributed by atoms with van der Waals surface area (Å²) in [6, 6.07) is 0. The van der Waals surface area contributed by atoms with Crippen LogP contribution in [0, 0.1) is 0 Å². The maximum atomic E-state index is 3.73. The zero-order valence-corrected chi connectivity index (χ0v) is 3.97. The van der Waals surface area contributed by atoms with Gasteiger partial charge in [0.15, 0.2) is 0 Å². The summed E-state index contributed by atoms with van der Waals surface area (Å²) >= 11 is 0. The minimum Gasteiger partial charge on any atom is -0.309 e. The second-order valence-corrected chi connectivity index (χ2v) is 2.22. The first-order valence-electron chi connectivity index (χ1n) is 1.10. The number of hydrogen-bond acceptors (Lipinski definition) is 4. The highest BCUT2D eigenvalue weighted by Gasteiger charge is 1.85. The number of hydrogen-bond donors (Lipinski definition) is 1. The summed E-state index contributed by atoms with van der Waals surface area (Å²) in [5.41, 5.74) is 0. The van der Waals surface area contributed by atoms with E-state index in [1.807, 2.05) is 0 Å². The molecule has 1 heterocycles. The lowest BCUT2D eigenvalue weighted by atomic mass is 11.4. The van der Waals surface area contributed by atoms with Crippen molar-refractivity contribution in [1.82, 2.24) is 4.72 Å². The van der Waals surface area contributed by atoms with Crippen LogP contribution < -0.4 is 4.72 Å². The third-order valence-electron chi connectivity index (χ3n) is 0.234. The van der Waals surface area contributed by atoms with Crippen molar-refractivity contribution in [2.45, 2.75) is 0 Å². The van der Waals surface area contributed by atoms with Gasteiger partial charge in [0.1, 0.15) is 6.34 Å². The Balaban J connectivity index is 2.32. The molecule has 0 amide bonds. The molecular weight excluding hydrogens is 104 g/mol. The second-order valence-electron chi connectivity index (χ2n) is 0.510. The van der Waals surface area contributed by atoms with Gasteiger partial charge in [-0.3, -0.25) is 0 Å². The smallest absolute Gasteiger partial charge is 0.108 e. The molecule has 5 heavy (non-hydrogen) atoms. The zero-order valence-electron chi connectivity index (χ0n) is 2.34. The molecule has 0 unspecified atom stereocenters. The molecule has 0 aromatic rings. The lowest BCUT2D eigenvalue weighted by Crippen LogP contribution is -1.86. The largest absolute Gasteiger partial charge is 0.309 e. The van der Waals surface area contributed by atoms with E-state index in [0.717, 1.165) is 0 Å². The van der Waals surface area contributed by atoms with E-state index < -0.39 is 0 Å². The maximum Gasteiger partial charge on any atom is 0.108 e. The molecule has 28 valence electrons. The molecule has 1 aliphatic rings. The van der Waals surface area contributed by atoms with Gasteiger partial charge < -0.3 is 4.72 Å². The second kappa shape index (κ2) is 1.57. The van der Waals surface area contributed by atoms with Crippen molar-refractivity contribution in [3.8, 4) is 0 Å². The van der Waals surface area contributed by atoms with Crippen LogP contribution in [0.3, 0.4) is 0 Å². The molecular formula is CH2N2S2. The molecule has 0 fully saturated rings. The number of nitrogens with one attached hydrogen (secondary N) is 1. The molecule has 0 saturated carbocycles. The van der Waals surface area contributed by atoms with Crippen LogP contribution in [0.4, 0.5) is 0 Å². The van der Waals surface area contributed by atoms with Crippen LogP contribution in [0.1, 0.15) is 0 Å². The minimum atomic E-state index is 1.45. The molecule has 4 heteroatoms. The fraction of sp³-hybridized carbons (Fsp3) is 0.